The highest BCUT2D eigenvalue weighted by molar-refractivity contribution is 7.10. The smallest absolute Gasteiger partial charge is 0.309 e. The molecule has 144 valence electrons. The number of hydrogen-bond donors (Lipinski definition) is 2. The van der Waals surface area contributed by atoms with Crippen molar-refractivity contribution in [3.63, 3.8) is 0 Å². The Kier molecular flexibility index (Phi) is 6.50. The summed E-state index contributed by atoms with van der Waals surface area (Å²) in [4.78, 5) is 25.7. The Morgan fingerprint density at radius 1 is 1.04 bits per heavy atom. The molecule has 2 amide bonds. The van der Waals surface area contributed by atoms with Crippen LogP contribution in [0.25, 0.3) is 0 Å². The molecule has 0 unspecified atom stereocenters. The van der Waals surface area contributed by atoms with E-state index < -0.39 is 11.8 Å². The van der Waals surface area contributed by atoms with Gasteiger partial charge in [0.2, 0.25) is 0 Å². The maximum Gasteiger partial charge on any atom is 0.309 e. The van der Waals surface area contributed by atoms with Crippen LogP contribution in [0.4, 0.5) is 0 Å². The van der Waals surface area contributed by atoms with Gasteiger partial charge in [-0.05, 0) is 42.0 Å². The molecule has 0 spiro atoms. The third-order valence-electron chi connectivity index (χ3n) is 5.26. The first-order valence-corrected chi connectivity index (χ1v) is 10.2. The lowest BCUT2D eigenvalue weighted by Gasteiger charge is -2.36. The molecule has 1 aliphatic rings. The molecule has 1 fully saturated rings. The molecular formula is C21H26N2O3S. The third kappa shape index (κ3) is 4.89. The number of carbonyl (C=O) groups excluding carboxylic acids is 2. The summed E-state index contributed by atoms with van der Waals surface area (Å²) in [7, 11) is 1.61. The van der Waals surface area contributed by atoms with Gasteiger partial charge in [0, 0.05) is 23.4 Å². The summed E-state index contributed by atoms with van der Waals surface area (Å²) in [6.45, 7) is 0.828. The van der Waals surface area contributed by atoms with Crippen molar-refractivity contribution in [2.75, 3.05) is 13.7 Å². The standard InChI is InChI=1S/C21H26N2O3S/c1-26-17-9-7-16(8-10-17)14-22-19(24)20(25)23-15-21(11-3-2-4-12-21)18-6-5-13-27-18/h5-10,13H,2-4,11-12,14-15H2,1H3,(H,22,24)(H,23,25). The molecular weight excluding hydrogens is 360 g/mol. The summed E-state index contributed by atoms with van der Waals surface area (Å²) in [6.07, 6.45) is 5.68. The van der Waals surface area contributed by atoms with Crippen LogP contribution in [0, 0.1) is 0 Å². The fourth-order valence-corrected chi connectivity index (χ4v) is 4.64. The van der Waals surface area contributed by atoms with Gasteiger partial charge in [0.05, 0.1) is 7.11 Å². The van der Waals surface area contributed by atoms with Gasteiger partial charge in [-0.25, -0.2) is 0 Å². The van der Waals surface area contributed by atoms with Gasteiger partial charge in [-0.2, -0.15) is 0 Å². The SMILES string of the molecule is COc1ccc(CNC(=O)C(=O)NCC2(c3cccs3)CCCCC2)cc1. The average molecular weight is 387 g/mol. The molecule has 1 aromatic carbocycles. The minimum absolute atomic E-state index is 0.0294. The first-order valence-electron chi connectivity index (χ1n) is 9.36. The summed E-state index contributed by atoms with van der Waals surface area (Å²) in [5.74, 6) is -0.401. The van der Waals surface area contributed by atoms with Crippen LogP contribution in [0.5, 0.6) is 5.75 Å². The normalized spacial score (nSPS) is 15.7. The molecule has 3 rings (SSSR count). The van der Waals surface area contributed by atoms with Gasteiger partial charge in [0.1, 0.15) is 5.75 Å². The second-order valence-electron chi connectivity index (χ2n) is 7.03. The van der Waals surface area contributed by atoms with E-state index in [4.69, 9.17) is 4.74 Å². The quantitative estimate of drug-likeness (QED) is 0.748. The number of thiophene rings is 1. The first kappa shape index (κ1) is 19.4. The molecule has 0 radical (unpaired) electrons. The van der Waals surface area contributed by atoms with Crippen molar-refractivity contribution in [3.05, 3.63) is 52.2 Å². The molecule has 0 saturated heterocycles. The second kappa shape index (κ2) is 9.04. The van der Waals surface area contributed by atoms with Gasteiger partial charge in [0.25, 0.3) is 0 Å². The molecule has 0 aliphatic heterocycles. The van der Waals surface area contributed by atoms with Crippen LogP contribution in [0.3, 0.4) is 0 Å². The number of rotatable bonds is 6. The largest absolute Gasteiger partial charge is 0.497 e. The fraction of sp³-hybridized carbons (Fsp3) is 0.429. The highest BCUT2D eigenvalue weighted by Gasteiger charge is 2.35. The Balaban J connectivity index is 1.53. The van der Waals surface area contributed by atoms with Crippen molar-refractivity contribution >= 4 is 23.2 Å². The monoisotopic (exact) mass is 386 g/mol. The van der Waals surface area contributed by atoms with E-state index in [1.807, 2.05) is 24.3 Å². The van der Waals surface area contributed by atoms with E-state index in [1.54, 1.807) is 18.4 Å². The Morgan fingerprint density at radius 2 is 1.74 bits per heavy atom. The van der Waals surface area contributed by atoms with Gasteiger partial charge in [-0.1, -0.05) is 37.5 Å². The molecule has 1 heterocycles. The number of carbonyl (C=O) groups is 2. The van der Waals surface area contributed by atoms with E-state index >= 15 is 0 Å². The van der Waals surface area contributed by atoms with Crippen LogP contribution in [0.2, 0.25) is 0 Å². The topological polar surface area (TPSA) is 67.4 Å². The predicted octanol–water partition coefficient (Wildman–Crippen LogP) is 3.39. The fourth-order valence-electron chi connectivity index (χ4n) is 3.65. The minimum atomic E-state index is -0.594. The highest BCUT2D eigenvalue weighted by atomic mass is 32.1. The molecule has 1 aromatic heterocycles. The average Bonchev–Trinajstić information content (AvgIpc) is 3.27. The van der Waals surface area contributed by atoms with Gasteiger partial charge >= 0.3 is 11.8 Å². The Labute approximate surface area is 164 Å². The van der Waals surface area contributed by atoms with Crippen LogP contribution in [-0.4, -0.2) is 25.5 Å². The van der Waals surface area contributed by atoms with Crippen LogP contribution in [0.15, 0.2) is 41.8 Å². The van der Waals surface area contributed by atoms with E-state index in [9.17, 15) is 9.59 Å². The lowest BCUT2D eigenvalue weighted by Crippen LogP contribution is -2.46. The molecule has 2 aromatic rings. The van der Waals surface area contributed by atoms with Crippen LogP contribution in [0.1, 0.15) is 42.5 Å². The predicted molar refractivity (Wildman–Crippen MR) is 107 cm³/mol. The summed E-state index contributed by atoms with van der Waals surface area (Å²) in [5.41, 5.74) is 0.887. The van der Waals surface area contributed by atoms with Crippen molar-refractivity contribution in [1.29, 1.82) is 0 Å². The van der Waals surface area contributed by atoms with Crippen molar-refractivity contribution in [2.24, 2.45) is 0 Å². The zero-order valence-corrected chi connectivity index (χ0v) is 16.4. The maximum atomic E-state index is 12.3. The molecule has 0 atom stereocenters. The minimum Gasteiger partial charge on any atom is -0.497 e. The van der Waals surface area contributed by atoms with Gasteiger partial charge in [-0.3, -0.25) is 9.59 Å². The molecule has 1 saturated carbocycles. The molecule has 2 N–H and O–H groups in total. The zero-order valence-electron chi connectivity index (χ0n) is 15.6. The van der Waals surface area contributed by atoms with Gasteiger partial charge < -0.3 is 15.4 Å². The van der Waals surface area contributed by atoms with E-state index in [0.717, 1.165) is 37.0 Å². The van der Waals surface area contributed by atoms with Crippen molar-refractivity contribution in [1.82, 2.24) is 10.6 Å². The van der Waals surface area contributed by atoms with Crippen LogP contribution in [-0.2, 0) is 21.5 Å². The van der Waals surface area contributed by atoms with Crippen LogP contribution < -0.4 is 15.4 Å². The van der Waals surface area contributed by atoms with E-state index in [0.29, 0.717) is 13.1 Å². The second-order valence-corrected chi connectivity index (χ2v) is 7.98. The number of ether oxygens (including phenoxy) is 1. The summed E-state index contributed by atoms with van der Waals surface area (Å²) >= 11 is 1.74. The number of benzene rings is 1. The maximum absolute atomic E-state index is 12.3. The van der Waals surface area contributed by atoms with Gasteiger partial charge in [0.15, 0.2) is 0 Å². The molecule has 6 heteroatoms. The zero-order chi connectivity index (χ0) is 19.1. The molecule has 0 bridgehead atoms. The summed E-state index contributed by atoms with van der Waals surface area (Å²) < 4.78 is 5.11. The number of methoxy groups -OCH3 is 1. The summed E-state index contributed by atoms with van der Waals surface area (Å²) in [6, 6.07) is 11.6. The molecule has 1 aliphatic carbocycles. The Hall–Kier alpha value is -2.34. The first-order chi connectivity index (χ1) is 13.1. The number of nitrogens with one attached hydrogen (secondary N) is 2. The van der Waals surface area contributed by atoms with Crippen LogP contribution >= 0.6 is 11.3 Å². The third-order valence-corrected chi connectivity index (χ3v) is 6.38. The Morgan fingerprint density at radius 3 is 2.37 bits per heavy atom. The lowest BCUT2D eigenvalue weighted by molar-refractivity contribution is -0.139. The molecule has 5 nitrogen and oxygen atoms in total. The highest BCUT2D eigenvalue weighted by Crippen LogP contribution is 2.41. The van der Waals surface area contributed by atoms with Crippen molar-refractivity contribution < 1.29 is 14.3 Å². The van der Waals surface area contributed by atoms with Crippen molar-refractivity contribution in [3.8, 4) is 5.75 Å². The van der Waals surface area contributed by atoms with E-state index in [-0.39, 0.29) is 5.41 Å². The Bertz CT molecular complexity index is 750. The summed E-state index contributed by atoms with van der Waals surface area (Å²) in [5, 5.41) is 7.63. The van der Waals surface area contributed by atoms with E-state index in [1.165, 1.54) is 11.3 Å². The van der Waals surface area contributed by atoms with Crippen molar-refractivity contribution in [2.45, 2.75) is 44.1 Å². The molecule has 27 heavy (non-hydrogen) atoms. The van der Waals surface area contributed by atoms with Gasteiger partial charge in [-0.15, -0.1) is 11.3 Å². The number of hydrogen-bond acceptors (Lipinski definition) is 4. The van der Waals surface area contributed by atoms with E-state index in [2.05, 4.69) is 28.1 Å². The number of amides is 2. The lowest BCUT2D eigenvalue weighted by atomic mass is 9.73.